The Bertz CT molecular complexity index is 419. The van der Waals surface area contributed by atoms with Crippen LogP contribution in [0.1, 0.15) is 13.8 Å². The fraction of sp³-hybridized carbons (Fsp3) is 0.667. The van der Waals surface area contributed by atoms with Crippen LogP contribution < -0.4 is 20.7 Å². The molecule has 0 saturated heterocycles. The lowest BCUT2D eigenvalue weighted by Gasteiger charge is -2.09. The van der Waals surface area contributed by atoms with E-state index in [1.165, 1.54) is 0 Å². The van der Waals surface area contributed by atoms with Gasteiger partial charge in [-0.2, -0.15) is 15.0 Å². The van der Waals surface area contributed by atoms with Gasteiger partial charge in [-0.05, 0) is 13.8 Å². The van der Waals surface area contributed by atoms with E-state index in [9.17, 15) is 4.79 Å². The zero-order valence-electron chi connectivity index (χ0n) is 12.6. The van der Waals surface area contributed by atoms with Gasteiger partial charge < -0.3 is 25.4 Å². The minimum atomic E-state index is -0.171. The Morgan fingerprint density at radius 3 is 2.48 bits per heavy atom. The lowest BCUT2D eigenvalue weighted by molar-refractivity contribution is -0.119. The van der Waals surface area contributed by atoms with Crippen LogP contribution in [0.4, 0.5) is 11.9 Å². The summed E-state index contributed by atoms with van der Waals surface area (Å²) in [5, 5.41) is 8.50. The molecule has 1 aromatic heterocycles. The molecule has 9 heteroatoms. The minimum Gasteiger partial charge on any atom is -0.464 e. The highest BCUT2D eigenvalue weighted by Gasteiger charge is 2.08. The van der Waals surface area contributed by atoms with Gasteiger partial charge >= 0.3 is 6.01 Å². The average Bonchev–Trinajstić information content (AvgIpc) is 2.46. The van der Waals surface area contributed by atoms with Crippen molar-refractivity contribution in [3.63, 3.8) is 0 Å². The van der Waals surface area contributed by atoms with Crippen LogP contribution in [-0.4, -0.2) is 60.8 Å². The number of carbonyl (C=O) groups is 1. The highest BCUT2D eigenvalue weighted by Crippen LogP contribution is 2.10. The maximum absolute atomic E-state index is 11.6. The molecular formula is C12H22N6O3. The van der Waals surface area contributed by atoms with Crippen molar-refractivity contribution in [3.8, 4) is 6.01 Å². The molecule has 0 spiro atoms. The first-order valence-corrected chi connectivity index (χ1v) is 6.81. The van der Waals surface area contributed by atoms with Gasteiger partial charge in [0.2, 0.25) is 17.8 Å². The normalized spacial score (nSPS) is 10.0. The van der Waals surface area contributed by atoms with Gasteiger partial charge in [0.05, 0.1) is 19.8 Å². The molecule has 1 heterocycles. The first-order chi connectivity index (χ1) is 10.2. The molecule has 1 amide bonds. The summed E-state index contributed by atoms with van der Waals surface area (Å²) >= 11 is 0. The summed E-state index contributed by atoms with van der Waals surface area (Å²) in [5.41, 5.74) is 0. The van der Waals surface area contributed by atoms with Gasteiger partial charge in [-0.15, -0.1) is 0 Å². The maximum atomic E-state index is 11.6. The second kappa shape index (κ2) is 9.70. The zero-order valence-corrected chi connectivity index (χ0v) is 12.6. The Hall–Kier alpha value is -2.16. The van der Waals surface area contributed by atoms with E-state index in [0.717, 1.165) is 0 Å². The zero-order chi connectivity index (χ0) is 15.5. The molecule has 9 nitrogen and oxygen atoms in total. The molecule has 0 aliphatic rings. The smallest absolute Gasteiger partial charge is 0.323 e. The summed E-state index contributed by atoms with van der Waals surface area (Å²) in [5.74, 6) is 0.514. The fourth-order valence-electron chi connectivity index (χ4n) is 1.38. The summed E-state index contributed by atoms with van der Waals surface area (Å²) < 4.78 is 10.1. The molecule has 0 aliphatic heterocycles. The molecule has 0 saturated carbocycles. The van der Waals surface area contributed by atoms with Crippen molar-refractivity contribution in [1.82, 2.24) is 20.3 Å². The van der Waals surface area contributed by atoms with Crippen LogP contribution in [0.25, 0.3) is 0 Å². The number of ether oxygens (including phenoxy) is 2. The number of carbonyl (C=O) groups excluding carboxylic acids is 1. The topological polar surface area (TPSA) is 110 Å². The Balaban J connectivity index is 2.57. The second-order valence-electron chi connectivity index (χ2n) is 3.92. The van der Waals surface area contributed by atoms with Gasteiger partial charge in [0.25, 0.3) is 0 Å². The van der Waals surface area contributed by atoms with Gasteiger partial charge in [0.15, 0.2) is 0 Å². The van der Waals surface area contributed by atoms with Crippen LogP contribution in [0.2, 0.25) is 0 Å². The van der Waals surface area contributed by atoms with Gasteiger partial charge in [-0.1, -0.05) is 0 Å². The van der Waals surface area contributed by atoms with Crippen molar-refractivity contribution in [1.29, 1.82) is 0 Å². The van der Waals surface area contributed by atoms with Crippen molar-refractivity contribution < 1.29 is 14.3 Å². The Morgan fingerprint density at radius 2 is 1.86 bits per heavy atom. The summed E-state index contributed by atoms with van der Waals surface area (Å²) in [6, 6.07) is 0.214. The molecular weight excluding hydrogens is 276 g/mol. The molecule has 21 heavy (non-hydrogen) atoms. The number of methoxy groups -OCH3 is 1. The Morgan fingerprint density at radius 1 is 1.14 bits per heavy atom. The Labute approximate surface area is 123 Å². The Kier molecular flexibility index (Phi) is 7.80. The largest absolute Gasteiger partial charge is 0.464 e. The molecule has 0 aromatic carbocycles. The number of anilines is 2. The average molecular weight is 298 g/mol. The SMILES string of the molecule is CCNc1nc(NCC(=O)NCCOC)nc(OCC)n1. The molecule has 0 bridgehead atoms. The van der Waals surface area contributed by atoms with E-state index >= 15 is 0 Å². The quantitative estimate of drug-likeness (QED) is 0.513. The van der Waals surface area contributed by atoms with Crippen LogP contribution >= 0.6 is 0 Å². The molecule has 0 fully saturated rings. The summed E-state index contributed by atoms with van der Waals surface area (Å²) in [6.07, 6.45) is 0. The monoisotopic (exact) mass is 298 g/mol. The number of aromatic nitrogens is 3. The molecule has 1 aromatic rings. The van der Waals surface area contributed by atoms with E-state index in [2.05, 4.69) is 30.9 Å². The van der Waals surface area contributed by atoms with Gasteiger partial charge in [0, 0.05) is 20.2 Å². The highest BCUT2D eigenvalue weighted by atomic mass is 16.5. The molecule has 118 valence electrons. The fourth-order valence-corrected chi connectivity index (χ4v) is 1.38. The molecule has 3 N–H and O–H groups in total. The standard InChI is InChI=1S/C12H22N6O3/c1-4-13-10-16-11(18-12(17-10)21-5-2)15-8-9(19)14-6-7-20-3/h4-8H2,1-3H3,(H,14,19)(H2,13,15,16,17,18). The van der Waals surface area contributed by atoms with E-state index < -0.39 is 0 Å². The van der Waals surface area contributed by atoms with E-state index in [1.807, 2.05) is 13.8 Å². The van der Waals surface area contributed by atoms with Crippen molar-refractivity contribution in [2.45, 2.75) is 13.8 Å². The molecule has 0 aliphatic carbocycles. The maximum Gasteiger partial charge on any atom is 0.323 e. The number of nitrogens with one attached hydrogen (secondary N) is 3. The predicted octanol–water partition coefficient (Wildman–Crippen LogP) is -0.123. The summed E-state index contributed by atoms with van der Waals surface area (Å²) in [7, 11) is 1.58. The van der Waals surface area contributed by atoms with Crippen molar-refractivity contribution in [2.75, 3.05) is 50.6 Å². The van der Waals surface area contributed by atoms with E-state index in [1.54, 1.807) is 7.11 Å². The van der Waals surface area contributed by atoms with Gasteiger partial charge in [0.1, 0.15) is 0 Å². The third-order valence-electron chi connectivity index (χ3n) is 2.26. The highest BCUT2D eigenvalue weighted by molar-refractivity contribution is 5.80. The summed E-state index contributed by atoms with van der Waals surface area (Å²) in [6.45, 7) is 5.88. The molecule has 0 atom stereocenters. The van der Waals surface area contributed by atoms with Crippen LogP contribution in [0.3, 0.4) is 0 Å². The molecule has 0 radical (unpaired) electrons. The number of nitrogens with zero attached hydrogens (tertiary/aromatic N) is 3. The molecule has 0 unspecified atom stereocenters. The van der Waals surface area contributed by atoms with Gasteiger partial charge in [-0.25, -0.2) is 0 Å². The first-order valence-electron chi connectivity index (χ1n) is 6.81. The first kappa shape index (κ1) is 16.9. The third kappa shape index (κ3) is 6.70. The third-order valence-corrected chi connectivity index (χ3v) is 2.26. The van der Waals surface area contributed by atoms with Gasteiger partial charge in [-0.3, -0.25) is 4.79 Å². The number of amides is 1. The van der Waals surface area contributed by atoms with Crippen LogP contribution in [-0.2, 0) is 9.53 Å². The lowest BCUT2D eigenvalue weighted by Crippen LogP contribution is -2.32. The minimum absolute atomic E-state index is 0.0604. The van der Waals surface area contributed by atoms with Crippen molar-refractivity contribution in [2.24, 2.45) is 0 Å². The van der Waals surface area contributed by atoms with Crippen molar-refractivity contribution in [3.05, 3.63) is 0 Å². The number of hydrogen-bond donors (Lipinski definition) is 3. The second-order valence-corrected chi connectivity index (χ2v) is 3.92. The van der Waals surface area contributed by atoms with Crippen molar-refractivity contribution >= 4 is 17.8 Å². The van der Waals surface area contributed by atoms with Crippen LogP contribution in [0, 0.1) is 0 Å². The van der Waals surface area contributed by atoms with Crippen LogP contribution in [0.15, 0.2) is 0 Å². The van der Waals surface area contributed by atoms with E-state index in [-0.39, 0.29) is 24.4 Å². The summed E-state index contributed by atoms with van der Waals surface area (Å²) in [4.78, 5) is 23.9. The number of rotatable bonds is 10. The number of hydrogen-bond acceptors (Lipinski definition) is 8. The predicted molar refractivity (Wildman–Crippen MR) is 78.5 cm³/mol. The van der Waals surface area contributed by atoms with Crippen LogP contribution in [0.5, 0.6) is 6.01 Å². The van der Waals surface area contributed by atoms with E-state index in [0.29, 0.717) is 32.3 Å². The lowest BCUT2D eigenvalue weighted by atomic mass is 10.5. The van der Waals surface area contributed by atoms with E-state index in [4.69, 9.17) is 9.47 Å². The molecule has 1 rings (SSSR count).